The summed E-state index contributed by atoms with van der Waals surface area (Å²) >= 11 is 0. The van der Waals surface area contributed by atoms with Gasteiger partial charge in [0.15, 0.2) is 5.82 Å². The average molecular weight is 236 g/mol. The molecule has 0 bridgehead atoms. The first-order valence-corrected chi connectivity index (χ1v) is 5.76. The van der Waals surface area contributed by atoms with Gasteiger partial charge in [0.1, 0.15) is 0 Å². The topological polar surface area (TPSA) is 71.2 Å². The number of hydrogen-bond donors (Lipinski definition) is 2. The number of nitrogens with zero attached hydrogens (tertiary/aromatic N) is 2. The van der Waals surface area contributed by atoms with Crippen molar-refractivity contribution in [1.29, 1.82) is 0 Å². The van der Waals surface area contributed by atoms with E-state index in [0.717, 1.165) is 18.5 Å². The number of rotatable bonds is 5. The van der Waals surface area contributed by atoms with Crippen LogP contribution in [0.25, 0.3) is 0 Å². The molecule has 0 radical (unpaired) electrons. The van der Waals surface area contributed by atoms with Crippen molar-refractivity contribution in [1.82, 2.24) is 10.3 Å². The minimum atomic E-state index is -0.0406. The SMILES string of the molecule is CCCN(CC(=O)NC)c1nccc(C)c1N. The van der Waals surface area contributed by atoms with E-state index in [1.54, 1.807) is 13.2 Å². The van der Waals surface area contributed by atoms with Crippen LogP contribution < -0.4 is 16.0 Å². The van der Waals surface area contributed by atoms with E-state index < -0.39 is 0 Å². The molecule has 1 rings (SSSR count). The number of carbonyl (C=O) groups excluding carboxylic acids is 1. The van der Waals surface area contributed by atoms with E-state index in [-0.39, 0.29) is 12.5 Å². The van der Waals surface area contributed by atoms with Gasteiger partial charge in [-0.15, -0.1) is 0 Å². The van der Waals surface area contributed by atoms with E-state index in [2.05, 4.69) is 17.2 Å². The molecule has 0 atom stereocenters. The van der Waals surface area contributed by atoms with Gasteiger partial charge in [0, 0.05) is 19.8 Å². The summed E-state index contributed by atoms with van der Waals surface area (Å²) in [4.78, 5) is 17.6. The fourth-order valence-electron chi connectivity index (χ4n) is 1.59. The molecule has 3 N–H and O–H groups in total. The molecule has 0 saturated carbocycles. The molecule has 0 fully saturated rings. The summed E-state index contributed by atoms with van der Waals surface area (Å²) in [7, 11) is 1.62. The standard InChI is InChI=1S/C12H20N4O/c1-4-7-16(8-10(17)14-3)12-11(13)9(2)5-6-15-12/h5-6H,4,7-8,13H2,1-3H3,(H,14,17). The molecule has 17 heavy (non-hydrogen) atoms. The lowest BCUT2D eigenvalue weighted by molar-refractivity contribution is -0.119. The molecular formula is C12H20N4O. The highest BCUT2D eigenvalue weighted by molar-refractivity contribution is 5.82. The minimum Gasteiger partial charge on any atom is -0.396 e. The first kappa shape index (κ1) is 13.3. The molecule has 1 aromatic heterocycles. The van der Waals surface area contributed by atoms with Crippen molar-refractivity contribution in [2.45, 2.75) is 20.3 Å². The first-order valence-electron chi connectivity index (χ1n) is 5.76. The molecule has 0 saturated heterocycles. The number of nitrogens with two attached hydrogens (primary N) is 1. The van der Waals surface area contributed by atoms with Crippen LogP contribution in [-0.4, -0.2) is 31.0 Å². The predicted octanol–water partition coefficient (Wildman–Crippen LogP) is 0.935. The number of pyridine rings is 1. The van der Waals surface area contributed by atoms with Gasteiger partial charge < -0.3 is 16.0 Å². The van der Waals surface area contributed by atoms with E-state index in [0.29, 0.717) is 11.5 Å². The summed E-state index contributed by atoms with van der Waals surface area (Å²) < 4.78 is 0. The number of nitrogens with one attached hydrogen (secondary N) is 1. The fraction of sp³-hybridized carbons (Fsp3) is 0.500. The van der Waals surface area contributed by atoms with Crippen LogP contribution in [0.1, 0.15) is 18.9 Å². The first-order chi connectivity index (χ1) is 8.10. The molecular weight excluding hydrogens is 216 g/mol. The highest BCUT2D eigenvalue weighted by atomic mass is 16.1. The zero-order valence-corrected chi connectivity index (χ0v) is 10.7. The van der Waals surface area contributed by atoms with Crippen LogP contribution in [0.15, 0.2) is 12.3 Å². The van der Waals surface area contributed by atoms with Crippen LogP contribution >= 0.6 is 0 Å². The predicted molar refractivity (Wildman–Crippen MR) is 70.0 cm³/mol. The van der Waals surface area contributed by atoms with Crippen molar-refractivity contribution in [2.24, 2.45) is 0 Å². The summed E-state index contributed by atoms with van der Waals surface area (Å²) in [5.74, 6) is 0.650. The van der Waals surface area contributed by atoms with Crippen LogP contribution in [0, 0.1) is 6.92 Å². The third-order valence-corrected chi connectivity index (χ3v) is 2.59. The summed E-state index contributed by atoms with van der Waals surface area (Å²) in [6.07, 6.45) is 2.65. The second kappa shape index (κ2) is 6.08. The fourth-order valence-corrected chi connectivity index (χ4v) is 1.59. The molecule has 0 aliphatic carbocycles. The van der Waals surface area contributed by atoms with Gasteiger partial charge in [-0.25, -0.2) is 4.98 Å². The van der Waals surface area contributed by atoms with Crippen LogP contribution in [0.3, 0.4) is 0 Å². The van der Waals surface area contributed by atoms with Gasteiger partial charge in [-0.3, -0.25) is 4.79 Å². The van der Waals surface area contributed by atoms with Gasteiger partial charge >= 0.3 is 0 Å². The Morgan fingerprint density at radius 2 is 2.29 bits per heavy atom. The monoisotopic (exact) mass is 236 g/mol. The molecule has 0 spiro atoms. The van der Waals surface area contributed by atoms with Crippen molar-refractivity contribution in [3.63, 3.8) is 0 Å². The third-order valence-electron chi connectivity index (χ3n) is 2.59. The second-order valence-electron chi connectivity index (χ2n) is 3.96. The van der Waals surface area contributed by atoms with E-state index >= 15 is 0 Å². The highest BCUT2D eigenvalue weighted by Crippen LogP contribution is 2.23. The molecule has 0 aromatic carbocycles. The molecule has 5 nitrogen and oxygen atoms in total. The average Bonchev–Trinajstić information content (AvgIpc) is 2.32. The van der Waals surface area contributed by atoms with E-state index in [1.165, 1.54) is 0 Å². The number of aryl methyl sites for hydroxylation is 1. The highest BCUT2D eigenvalue weighted by Gasteiger charge is 2.14. The Labute approximate surface area is 102 Å². The summed E-state index contributed by atoms with van der Waals surface area (Å²) in [5, 5.41) is 2.61. The number of carbonyl (C=O) groups is 1. The molecule has 5 heteroatoms. The number of amides is 1. The van der Waals surface area contributed by atoms with Gasteiger partial charge in [0.25, 0.3) is 0 Å². The summed E-state index contributed by atoms with van der Waals surface area (Å²) in [5.41, 5.74) is 7.62. The van der Waals surface area contributed by atoms with E-state index in [9.17, 15) is 4.79 Å². The van der Waals surface area contributed by atoms with Crippen molar-refractivity contribution in [3.05, 3.63) is 17.8 Å². The van der Waals surface area contributed by atoms with Gasteiger partial charge in [-0.2, -0.15) is 0 Å². The maximum atomic E-state index is 11.4. The maximum Gasteiger partial charge on any atom is 0.239 e. The van der Waals surface area contributed by atoms with Gasteiger partial charge in [-0.05, 0) is 25.0 Å². The smallest absolute Gasteiger partial charge is 0.239 e. The molecule has 1 amide bonds. The van der Waals surface area contributed by atoms with Gasteiger partial charge in [-0.1, -0.05) is 6.92 Å². The number of likely N-dealkylation sites (N-methyl/N-ethyl adjacent to an activating group) is 1. The molecule has 1 aromatic rings. The summed E-state index contributed by atoms with van der Waals surface area (Å²) in [6.45, 7) is 5.03. The van der Waals surface area contributed by atoms with Crippen LogP contribution in [0.2, 0.25) is 0 Å². The van der Waals surface area contributed by atoms with Crippen molar-refractivity contribution in [2.75, 3.05) is 30.8 Å². The van der Waals surface area contributed by atoms with Gasteiger partial charge in [0.05, 0.1) is 12.2 Å². The van der Waals surface area contributed by atoms with Crippen molar-refractivity contribution in [3.8, 4) is 0 Å². The zero-order valence-electron chi connectivity index (χ0n) is 10.7. The lowest BCUT2D eigenvalue weighted by Crippen LogP contribution is -2.37. The maximum absolute atomic E-state index is 11.4. The molecule has 0 aliphatic rings. The number of nitrogen functional groups attached to an aromatic ring is 1. The quantitative estimate of drug-likeness (QED) is 0.798. The van der Waals surface area contributed by atoms with Crippen LogP contribution in [0.5, 0.6) is 0 Å². The number of aromatic nitrogens is 1. The zero-order chi connectivity index (χ0) is 12.8. The van der Waals surface area contributed by atoms with Crippen LogP contribution in [0.4, 0.5) is 11.5 Å². The van der Waals surface area contributed by atoms with E-state index in [1.807, 2.05) is 17.9 Å². The Kier molecular flexibility index (Phi) is 4.75. The third kappa shape index (κ3) is 3.34. The molecule has 0 unspecified atom stereocenters. The van der Waals surface area contributed by atoms with Crippen molar-refractivity contribution >= 4 is 17.4 Å². The van der Waals surface area contributed by atoms with Gasteiger partial charge in [0.2, 0.25) is 5.91 Å². The normalized spacial score (nSPS) is 10.1. The van der Waals surface area contributed by atoms with Crippen molar-refractivity contribution < 1.29 is 4.79 Å². The lowest BCUT2D eigenvalue weighted by atomic mass is 10.2. The molecule has 0 aliphatic heterocycles. The lowest BCUT2D eigenvalue weighted by Gasteiger charge is -2.24. The minimum absolute atomic E-state index is 0.0406. The Morgan fingerprint density at radius 1 is 1.59 bits per heavy atom. The molecule has 1 heterocycles. The van der Waals surface area contributed by atoms with E-state index in [4.69, 9.17) is 5.73 Å². The number of hydrogen-bond acceptors (Lipinski definition) is 4. The number of anilines is 2. The van der Waals surface area contributed by atoms with Crippen LogP contribution in [-0.2, 0) is 4.79 Å². The second-order valence-corrected chi connectivity index (χ2v) is 3.96. The Hall–Kier alpha value is -1.78. The Balaban J connectivity index is 2.96. The largest absolute Gasteiger partial charge is 0.396 e. The Bertz CT molecular complexity index is 392. The molecule has 94 valence electrons. The summed E-state index contributed by atoms with van der Waals surface area (Å²) in [6, 6.07) is 1.86. The Morgan fingerprint density at radius 3 is 2.88 bits per heavy atom.